The Labute approximate surface area is 143 Å². The van der Waals surface area contributed by atoms with Gasteiger partial charge in [0.2, 0.25) is 5.91 Å². The molecule has 2 atom stereocenters. The molecule has 0 aliphatic carbocycles. The van der Waals surface area contributed by atoms with Crippen LogP contribution >= 0.6 is 24.8 Å². The summed E-state index contributed by atoms with van der Waals surface area (Å²) in [6, 6.07) is 14.7. The Morgan fingerprint density at radius 1 is 1.14 bits per heavy atom. The summed E-state index contributed by atoms with van der Waals surface area (Å²) >= 11 is 0. The minimum Gasteiger partial charge on any atom is -0.347 e. The maximum atomic E-state index is 12.1. The molecule has 2 aromatic rings. The van der Waals surface area contributed by atoms with Crippen molar-refractivity contribution in [2.75, 3.05) is 0 Å². The highest BCUT2D eigenvalue weighted by molar-refractivity contribution is 5.85. The molecule has 0 aliphatic heterocycles. The van der Waals surface area contributed by atoms with Gasteiger partial charge in [-0.05, 0) is 31.0 Å². The van der Waals surface area contributed by atoms with Gasteiger partial charge in [0.05, 0.1) is 17.8 Å². The number of nitrogens with zero attached hydrogens (tertiary/aromatic N) is 1. The van der Waals surface area contributed by atoms with Gasteiger partial charge in [-0.3, -0.25) is 9.78 Å². The minimum atomic E-state index is -0.552. The second-order valence-electron chi connectivity index (χ2n) is 4.78. The third-order valence-corrected chi connectivity index (χ3v) is 3.13. The summed E-state index contributed by atoms with van der Waals surface area (Å²) in [5.41, 5.74) is 7.83. The molecule has 22 heavy (non-hydrogen) atoms. The first-order chi connectivity index (χ1) is 9.66. The summed E-state index contributed by atoms with van der Waals surface area (Å²) in [4.78, 5) is 16.3. The van der Waals surface area contributed by atoms with Gasteiger partial charge in [0.15, 0.2) is 0 Å². The van der Waals surface area contributed by atoms with E-state index in [0.29, 0.717) is 6.42 Å². The van der Waals surface area contributed by atoms with E-state index in [4.69, 9.17) is 5.73 Å². The van der Waals surface area contributed by atoms with E-state index in [1.54, 1.807) is 6.20 Å². The van der Waals surface area contributed by atoms with Gasteiger partial charge in [-0.25, -0.2) is 0 Å². The van der Waals surface area contributed by atoms with Crippen molar-refractivity contribution in [1.29, 1.82) is 0 Å². The third-order valence-electron chi connectivity index (χ3n) is 3.13. The Morgan fingerprint density at radius 3 is 2.36 bits per heavy atom. The van der Waals surface area contributed by atoms with Crippen LogP contribution in [0.15, 0.2) is 54.7 Å². The van der Waals surface area contributed by atoms with Crippen LogP contribution in [0, 0.1) is 0 Å². The Balaban J connectivity index is 0.00000220. The summed E-state index contributed by atoms with van der Waals surface area (Å²) in [6.07, 6.45) is 2.24. The van der Waals surface area contributed by atoms with Gasteiger partial charge in [0, 0.05) is 6.20 Å². The predicted octanol–water partition coefficient (Wildman–Crippen LogP) is 2.67. The first kappa shape index (κ1) is 20.4. The monoisotopic (exact) mass is 341 g/mol. The van der Waals surface area contributed by atoms with Crippen LogP contribution in [0.25, 0.3) is 0 Å². The quantitative estimate of drug-likeness (QED) is 0.878. The second-order valence-corrected chi connectivity index (χ2v) is 4.78. The van der Waals surface area contributed by atoms with Gasteiger partial charge in [0.1, 0.15) is 0 Å². The molecular weight excluding hydrogens is 321 g/mol. The third kappa shape index (κ3) is 6.02. The molecule has 120 valence electrons. The summed E-state index contributed by atoms with van der Waals surface area (Å²) < 4.78 is 0. The zero-order chi connectivity index (χ0) is 14.4. The Kier molecular flexibility index (Phi) is 9.42. The van der Waals surface area contributed by atoms with Gasteiger partial charge < -0.3 is 11.1 Å². The number of hydrogen-bond acceptors (Lipinski definition) is 3. The first-order valence-corrected chi connectivity index (χ1v) is 6.67. The van der Waals surface area contributed by atoms with Crippen molar-refractivity contribution < 1.29 is 4.79 Å². The highest BCUT2D eigenvalue weighted by Gasteiger charge is 2.17. The Morgan fingerprint density at radius 2 is 1.77 bits per heavy atom. The SMILES string of the molecule is CC(NC(=O)C(N)Cc1ccccc1)c1ccccn1.Cl.Cl. The van der Waals surface area contributed by atoms with E-state index in [1.807, 2.05) is 55.5 Å². The van der Waals surface area contributed by atoms with Crippen molar-refractivity contribution >= 4 is 30.7 Å². The number of pyridine rings is 1. The van der Waals surface area contributed by atoms with E-state index < -0.39 is 6.04 Å². The molecule has 0 radical (unpaired) electrons. The van der Waals surface area contributed by atoms with Crippen LogP contribution < -0.4 is 11.1 Å². The Hall–Kier alpha value is -1.62. The van der Waals surface area contributed by atoms with Crippen LogP contribution in [-0.4, -0.2) is 16.9 Å². The number of benzene rings is 1. The fraction of sp³-hybridized carbons (Fsp3) is 0.250. The molecule has 0 saturated carbocycles. The maximum absolute atomic E-state index is 12.1. The largest absolute Gasteiger partial charge is 0.347 e. The number of hydrogen-bond donors (Lipinski definition) is 2. The molecule has 2 rings (SSSR count). The lowest BCUT2D eigenvalue weighted by Crippen LogP contribution is -2.43. The van der Waals surface area contributed by atoms with Crippen molar-refractivity contribution in [3.05, 3.63) is 66.0 Å². The normalized spacial score (nSPS) is 12.3. The topological polar surface area (TPSA) is 68.0 Å². The fourth-order valence-electron chi connectivity index (χ4n) is 1.99. The van der Waals surface area contributed by atoms with Gasteiger partial charge in [-0.1, -0.05) is 36.4 Å². The fourth-order valence-corrected chi connectivity index (χ4v) is 1.99. The number of carbonyl (C=O) groups is 1. The van der Waals surface area contributed by atoms with E-state index in [2.05, 4.69) is 10.3 Å². The minimum absolute atomic E-state index is 0. The molecule has 1 aromatic heterocycles. The predicted molar refractivity (Wildman–Crippen MR) is 93.4 cm³/mol. The zero-order valence-corrected chi connectivity index (χ0v) is 13.9. The number of rotatable bonds is 5. The first-order valence-electron chi connectivity index (χ1n) is 6.67. The van der Waals surface area contributed by atoms with Gasteiger partial charge in [0.25, 0.3) is 0 Å². The van der Waals surface area contributed by atoms with Crippen LogP contribution in [0.5, 0.6) is 0 Å². The van der Waals surface area contributed by atoms with Crippen molar-refractivity contribution in [3.63, 3.8) is 0 Å². The van der Waals surface area contributed by atoms with Gasteiger partial charge in [-0.15, -0.1) is 24.8 Å². The van der Waals surface area contributed by atoms with E-state index in [1.165, 1.54) is 0 Å². The van der Waals surface area contributed by atoms with Crippen molar-refractivity contribution in [2.24, 2.45) is 5.73 Å². The van der Waals surface area contributed by atoms with Crippen LogP contribution in [0.3, 0.4) is 0 Å². The molecule has 1 amide bonds. The van der Waals surface area contributed by atoms with Crippen LogP contribution in [0.2, 0.25) is 0 Å². The number of nitrogens with one attached hydrogen (secondary N) is 1. The van der Waals surface area contributed by atoms with E-state index in [-0.39, 0.29) is 36.8 Å². The lowest BCUT2D eigenvalue weighted by atomic mass is 10.1. The molecular formula is C16H21Cl2N3O. The van der Waals surface area contributed by atoms with E-state index in [0.717, 1.165) is 11.3 Å². The van der Waals surface area contributed by atoms with Crippen LogP contribution in [0.4, 0.5) is 0 Å². The molecule has 0 fully saturated rings. The molecule has 3 N–H and O–H groups in total. The maximum Gasteiger partial charge on any atom is 0.237 e. The number of halogens is 2. The zero-order valence-electron chi connectivity index (χ0n) is 12.3. The van der Waals surface area contributed by atoms with Crippen LogP contribution in [0.1, 0.15) is 24.2 Å². The highest BCUT2D eigenvalue weighted by atomic mass is 35.5. The number of carbonyl (C=O) groups excluding carboxylic acids is 1. The van der Waals surface area contributed by atoms with Crippen LogP contribution in [-0.2, 0) is 11.2 Å². The van der Waals surface area contributed by atoms with Crippen molar-refractivity contribution in [3.8, 4) is 0 Å². The van der Waals surface area contributed by atoms with Crippen molar-refractivity contribution in [2.45, 2.75) is 25.4 Å². The molecule has 1 heterocycles. The second kappa shape index (κ2) is 10.2. The molecule has 0 spiro atoms. The number of aromatic nitrogens is 1. The number of amides is 1. The lowest BCUT2D eigenvalue weighted by molar-refractivity contribution is -0.123. The molecule has 1 aromatic carbocycles. The summed E-state index contributed by atoms with van der Waals surface area (Å²) in [6.45, 7) is 1.90. The van der Waals surface area contributed by atoms with E-state index >= 15 is 0 Å². The number of nitrogens with two attached hydrogens (primary N) is 1. The summed E-state index contributed by atoms with van der Waals surface area (Å²) in [5.74, 6) is -0.160. The summed E-state index contributed by atoms with van der Waals surface area (Å²) in [7, 11) is 0. The van der Waals surface area contributed by atoms with Gasteiger partial charge in [-0.2, -0.15) is 0 Å². The molecule has 6 heteroatoms. The molecule has 0 saturated heterocycles. The Bertz CT molecular complexity index is 552. The molecule has 2 unspecified atom stereocenters. The van der Waals surface area contributed by atoms with Gasteiger partial charge >= 0.3 is 0 Å². The highest BCUT2D eigenvalue weighted by Crippen LogP contribution is 2.09. The molecule has 0 aliphatic rings. The molecule has 4 nitrogen and oxygen atoms in total. The van der Waals surface area contributed by atoms with E-state index in [9.17, 15) is 4.79 Å². The average Bonchev–Trinajstić information content (AvgIpc) is 2.49. The summed E-state index contributed by atoms with van der Waals surface area (Å²) in [5, 5.41) is 2.89. The smallest absolute Gasteiger partial charge is 0.237 e. The van der Waals surface area contributed by atoms with Crippen molar-refractivity contribution in [1.82, 2.24) is 10.3 Å². The lowest BCUT2D eigenvalue weighted by Gasteiger charge is -2.17. The molecule has 0 bridgehead atoms. The average molecular weight is 342 g/mol. The standard InChI is InChI=1S/C16H19N3O.2ClH/c1-12(15-9-5-6-10-18-15)19-16(20)14(17)11-13-7-3-2-4-8-13;;/h2-10,12,14H,11,17H2,1H3,(H,19,20);2*1H.